The molecule has 0 saturated carbocycles. The number of nitrogens with zero attached hydrogens (tertiary/aromatic N) is 4. The van der Waals surface area contributed by atoms with Gasteiger partial charge in [0, 0.05) is 24.9 Å². The van der Waals surface area contributed by atoms with Gasteiger partial charge in [0.05, 0.1) is 5.69 Å². The van der Waals surface area contributed by atoms with Gasteiger partial charge in [-0.1, -0.05) is 41.5 Å². The highest BCUT2D eigenvalue weighted by molar-refractivity contribution is 5.87. The number of hydrogen-bond acceptors (Lipinski definition) is 4. The van der Waals surface area contributed by atoms with Crippen molar-refractivity contribution in [3.8, 4) is 0 Å². The normalized spacial score (nSPS) is 13.0. The molecule has 0 aliphatic rings. The SMILES string of the molecule is CNc1nc(C(C)(C)C)nc2c(C(C)(C)C)n(C)nc12. The topological polar surface area (TPSA) is 55.6 Å². The van der Waals surface area contributed by atoms with E-state index in [1.165, 1.54) is 0 Å². The summed E-state index contributed by atoms with van der Waals surface area (Å²) in [5.74, 6) is 1.64. The van der Waals surface area contributed by atoms with Gasteiger partial charge in [-0.05, 0) is 0 Å². The molecular formula is C15H25N5. The summed E-state index contributed by atoms with van der Waals surface area (Å²) in [4.78, 5) is 9.44. The summed E-state index contributed by atoms with van der Waals surface area (Å²) in [5.41, 5.74) is 2.82. The minimum absolute atomic E-state index is 0.0159. The summed E-state index contributed by atoms with van der Waals surface area (Å²) < 4.78 is 1.92. The highest BCUT2D eigenvalue weighted by Crippen LogP contribution is 2.32. The van der Waals surface area contributed by atoms with Crippen molar-refractivity contribution in [2.24, 2.45) is 7.05 Å². The van der Waals surface area contributed by atoms with Gasteiger partial charge in [-0.2, -0.15) is 5.10 Å². The fourth-order valence-electron chi connectivity index (χ4n) is 2.42. The molecule has 2 rings (SSSR count). The second-order valence-corrected chi connectivity index (χ2v) is 7.32. The Balaban J connectivity index is 2.88. The van der Waals surface area contributed by atoms with E-state index in [9.17, 15) is 0 Å². The number of rotatable bonds is 1. The van der Waals surface area contributed by atoms with Crippen molar-refractivity contribution in [3.05, 3.63) is 11.5 Å². The zero-order valence-corrected chi connectivity index (χ0v) is 13.8. The summed E-state index contributed by atoms with van der Waals surface area (Å²) >= 11 is 0. The molecular weight excluding hydrogens is 250 g/mol. The molecule has 2 aromatic rings. The van der Waals surface area contributed by atoms with E-state index in [0.717, 1.165) is 28.4 Å². The fourth-order valence-corrected chi connectivity index (χ4v) is 2.42. The first-order valence-corrected chi connectivity index (χ1v) is 6.99. The van der Waals surface area contributed by atoms with E-state index in [-0.39, 0.29) is 10.8 Å². The molecule has 2 aromatic heterocycles. The van der Waals surface area contributed by atoms with Gasteiger partial charge in [-0.3, -0.25) is 4.68 Å². The molecule has 0 radical (unpaired) electrons. The zero-order chi connectivity index (χ0) is 15.3. The highest BCUT2D eigenvalue weighted by Gasteiger charge is 2.27. The molecule has 20 heavy (non-hydrogen) atoms. The third-order valence-electron chi connectivity index (χ3n) is 3.30. The van der Waals surface area contributed by atoms with Crippen LogP contribution < -0.4 is 5.32 Å². The highest BCUT2D eigenvalue weighted by atomic mass is 15.3. The summed E-state index contributed by atoms with van der Waals surface area (Å²) in [5, 5.41) is 7.75. The van der Waals surface area contributed by atoms with E-state index in [4.69, 9.17) is 4.98 Å². The maximum Gasteiger partial charge on any atom is 0.158 e. The van der Waals surface area contributed by atoms with Crippen molar-refractivity contribution in [2.45, 2.75) is 52.4 Å². The number of aryl methyl sites for hydroxylation is 1. The Morgan fingerprint density at radius 3 is 1.95 bits per heavy atom. The number of nitrogens with one attached hydrogen (secondary N) is 1. The third kappa shape index (κ3) is 2.37. The van der Waals surface area contributed by atoms with Crippen LogP contribution in [0.15, 0.2) is 0 Å². The van der Waals surface area contributed by atoms with E-state index in [2.05, 4.69) is 56.9 Å². The van der Waals surface area contributed by atoms with Crippen LogP contribution in [0.25, 0.3) is 11.0 Å². The molecule has 0 bridgehead atoms. The average molecular weight is 275 g/mol. The summed E-state index contributed by atoms with van der Waals surface area (Å²) in [6.07, 6.45) is 0. The molecule has 0 atom stereocenters. The Bertz CT molecular complexity index is 641. The van der Waals surface area contributed by atoms with Gasteiger partial charge >= 0.3 is 0 Å². The average Bonchev–Trinajstić information content (AvgIpc) is 2.61. The van der Waals surface area contributed by atoms with Gasteiger partial charge in [0.2, 0.25) is 0 Å². The minimum atomic E-state index is -0.0925. The predicted molar refractivity (Wildman–Crippen MR) is 83.3 cm³/mol. The number of fused-ring (bicyclic) bond motifs is 1. The van der Waals surface area contributed by atoms with E-state index in [1.807, 2.05) is 18.8 Å². The van der Waals surface area contributed by atoms with E-state index >= 15 is 0 Å². The van der Waals surface area contributed by atoms with Crippen molar-refractivity contribution >= 4 is 16.9 Å². The van der Waals surface area contributed by atoms with Crippen LogP contribution in [0.2, 0.25) is 0 Å². The maximum atomic E-state index is 4.81. The molecule has 0 saturated heterocycles. The minimum Gasteiger partial charge on any atom is -0.371 e. The first-order valence-electron chi connectivity index (χ1n) is 6.99. The zero-order valence-electron chi connectivity index (χ0n) is 13.8. The van der Waals surface area contributed by atoms with Crippen LogP contribution in [-0.4, -0.2) is 26.8 Å². The smallest absolute Gasteiger partial charge is 0.158 e. The van der Waals surface area contributed by atoms with Crippen LogP contribution in [0.4, 0.5) is 5.82 Å². The Morgan fingerprint density at radius 2 is 1.50 bits per heavy atom. The Labute approximate surface area is 120 Å². The lowest BCUT2D eigenvalue weighted by atomic mass is 9.90. The van der Waals surface area contributed by atoms with Crippen molar-refractivity contribution in [1.82, 2.24) is 19.7 Å². The van der Waals surface area contributed by atoms with Crippen molar-refractivity contribution < 1.29 is 0 Å². The molecule has 2 heterocycles. The van der Waals surface area contributed by atoms with Crippen LogP contribution in [-0.2, 0) is 17.9 Å². The van der Waals surface area contributed by atoms with Crippen molar-refractivity contribution in [3.63, 3.8) is 0 Å². The number of aromatic nitrogens is 4. The van der Waals surface area contributed by atoms with Crippen LogP contribution in [0, 0.1) is 0 Å². The fraction of sp³-hybridized carbons (Fsp3) is 0.667. The summed E-state index contributed by atoms with van der Waals surface area (Å²) in [7, 11) is 3.85. The lowest BCUT2D eigenvalue weighted by Crippen LogP contribution is -2.19. The van der Waals surface area contributed by atoms with Gasteiger partial charge in [-0.15, -0.1) is 0 Å². The second kappa shape index (κ2) is 4.43. The van der Waals surface area contributed by atoms with Gasteiger partial charge < -0.3 is 5.32 Å². The molecule has 0 aliphatic heterocycles. The van der Waals surface area contributed by atoms with E-state index in [1.54, 1.807) is 0 Å². The van der Waals surface area contributed by atoms with Crippen LogP contribution in [0.5, 0.6) is 0 Å². The second-order valence-electron chi connectivity index (χ2n) is 7.32. The van der Waals surface area contributed by atoms with Crippen LogP contribution >= 0.6 is 0 Å². The molecule has 1 N–H and O–H groups in total. The van der Waals surface area contributed by atoms with Crippen molar-refractivity contribution in [2.75, 3.05) is 12.4 Å². The molecule has 110 valence electrons. The molecule has 0 aromatic carbocycles. The molecule has 0 unspecified atom stereocenters. The lowest BCUT2D eigenvalue weighted by Gasteiger charge is -2.20. The lowest BCUT2D eigenvalue weighted by molar-refractivity contribution is 0.524. The maximum absolute atomic E-state index is 4.81. The molecule has 0 amide bonds. The standard InChI is InChI=1S/C15H25N5/c1-14(2,3)11-9-10(19-20(11)8)12(16-7)18-13(17-9)15(4,5)6/h1-8H3,(H,16,17,18). The Kier molecular flexibility index (Phi) is 3.27. The largest absolute Gasteiger partial charge is 0.371 e. The van der Waals surface area contributed by atoms with Gasteiger partial charge in [-0.25, -0.2) is 9.97 Å². The first-order chi connectivity index (χ1) is 9.05. The Morgan fingerprint density at radius 1 is 0.900 bits per heavy atom. The predicted octanol–water partition coefficient (Wildman–Crippen LogP) is 3.00. The van der Waals surface area contributed by atoms with Gasteiger partial charge in [0.25, 0.3) is 0 Å². The molecule has 0 aliphatic carbocycles. The monoisotopic (exact) mass is 275 g/mol. The Hall–Kier alpha value is -1.65. The van der Waals surface area contributed by atoms with Crippen LogP contribution in [0.3, 0.4) is 0 Å². The van der Waals surface area contributed by atoms with E-state index < -0.39 is 0 Å². The van der Waals surface area contributed by atoms with Crippen LogP contribution in [0.1, 0.15) is 53.1 Å². The third-order valence-corrected chi connectivity index (χ3v) is 3.30. The van der Waals surface area contributed by atoms with Crippen molar-refractivity contribution in [1.29, 1.82) is 0 Å². The number of anilines is 1. The van der Waals surface area contributed by atoms with E-state index in [0.29, 0.717) is 0 Å². The van der Waals surface area contributed by atoms with Gasteiger partial charge in [0.1, 0.15) is 11.3 Å². The quantitative estimate of drug-likeness (QED) is 0.869. The summed E-state index contributed by atoms with van der Waals surface area (Å²) in [6.45, 7) is 12.9. The molecule has 0 spiro atoms. The first kappa shape index (κ1) is 14.8. The number of hydrogen-bond donors (Lipinski definition) is 1. The molecule has 5 nitrogen and oxygen atoms in total. The summed E-state index contributed by atoms with van der Waals surface area (Å²) in [6, 6.07) is 0. The molecule has 5 heteroatoms. The molecule has 0 fully saturated rings. The van der Waals surface area contributed by atoms with Gasteiger partial charge in [0.15, 0.2) is 11.3 Å².